The Labute approximate surface area is 120 Å². The van der Waals surface area contributed by atoms with Gasteiger partial charge in [0.1, 0.15) is 17.5 Å². The van der Waals surface area contributed by atoms with Gasteiger partial charge in [-0.3, -0.25) is 0 Å². The van der Waals surface area contributed by atoms with Gasteiger partial charge in [-0.25, -0.2) is 9.97 Å². The van der Waals surface area contributed by atoms with E-state index in [4.69, 9.17) is 22.6 Å². The number of rotatable bonds is 3. The molecule has 0 aliphatic heterocycles. The molecule has 0 amide bonds. The lowest BCUT2D eigenvalue weighted by molar-refractivity contribution is 0.904. The van der Waals surface area contributed by atoms with Crippen LogP contribution in [0.1, 0.15) is 16.8 Å². The predicted molar refractivity (Wildman–Crippen MR) is 77.2 cm³/mol. The van der Waals surface area contributed by atoms with E-state index in [1.165, 1.54) is 11.8 Å². The molecule has 19 heavy (non-hydrogen) atoms. The largest absolute Gasteiger partial charge is 0.382 e. The summed E-state index contributed by atoms with van der Waals surface area (Å²) in [5, 5.41) is 10.4. The summed E-state index contributed by atoms with van der Waals surface area (Å²) >= 11 is 7.51. The molecule has 0 aliphatic carbocycles. The molecule has 2 aromatic rings. The van der Waals surface area contributed by atoms with Crippen molar-refractivity contribution in [1.82, 2.24) is 9.97 Å². The van der Waals surface area contributed by atoms with E-state index < -0.39 is 0 Å². The average Bonchev–Trinajstić information content (AvgIpc) is 2.41. The molecule has 2 N–H and O–H groups in total. The van der Waals surface area contributed by atoms with Crippen LogP contribution in [0.3, 0.4) is 0 Å². The number of halogens is 1. The number of nitrogen functional groups attached to an aromatic ring is 1. The number of hydrogen-bond donors (Lipinski definition) is 1. The maximum Gasteiger partial charge on any atom is 0.189 e. The molecule has 0 unspecified atom stereocenters. The monoisotopic (exact) mass is 290 g/mol. The van der Waals surface area contributed by atoms with Gasteiger partial charge in [-0.05, 0) is 17.9 Å². The van der Waals surface area contributed by atoms with Crippen molar-refractivity contribution in [3.05, 3.63) is 46.1 Å². The molecule has 0 aliphatic rings. The van der Waals surface area contributed by atoms with Gasteiger partial charge in [0.25, 0.3) is 0 Å². The molecule has 0 bridgehead atoms. The third-order valence-electron chi connectivity index (χ3n) is 2.60. The minimum atomic E-state index is 0.212. The Balaban J connectivity index is 2.48. The first kappa shape index (κ1) is 13.7. The molecule has 0 saturated carbocycles. The highest BCUT2D eigenvalue weighted by molar-refractivity contribution is 7.98. The summed E-state index contributed by atoms with van der Waals surface area (Å²) in [6.07, 6.45) is 2.32. The minimum absolute atomic E-state index is 0.212. The predicted octanol–water partition coefficient (Wildman–Crippen LogP) is 2.90. The van der Waals surface area contributed by atoms with Crippen molar-refractivity contribution >= 4 is 29.2 Å². The van der Waals surface area contributed by atoms with E-state index in [0.29, 0.717) is 27.9 Å². The highest BCUT2D eigenvalue weighted by Crippen LogP contribution is 2.23. The van der Waals surface area contributed by atoms with Gasteiger partial charge in [0.15, 0.2) is 5.16 Å². The van der Waals surface area contributed by atoms with Crippen molar-refractivity contribution in [2.45, 2.75) is 11.6 Å². The number of nitrogens with zero attached hydrogens (tertiary/aromatic N) is 3. The van der Waals surface area contributed by atoms with Crippen molar-refractivity contribution in [3.8, 4) is 6.07 Å². The van der Waals surface area contributed by atoms with E-state index in [1.54, 1.807) is 0 Å². The third-order valence-corrected chi connectivity index (χ3v) is 3.52. The average molecular weight is 291 g/mol. The van der Waals surface area contributed by atoms with Crippen LogP contribution in [0.4, 0.5) is 5.82 Å². The smallest absolute Gasteiger partial charge is 0.189 e. The molecule has 0 radical (unpaired) electrons. The maximum atomic E-state index is 9.16. The Morgan fingerprint density at radius 1 is 1.37 bits per heavy atom. The van der Waals surface area contributed by atoms with Crippen molar-refractivity contribution < 1.29 is 0 Å². The number of nitriles is 1. The number of nitrogens with two attached hydrogens (primary N) is 1. The first-order valence-corrected chi connectivity index (χ1v) is 7.10. The molecule has 0 atom stereocenters. The Hall–Kier alpha value is -1.77. The SMILES string of the molecule is CSc1nc(N)c(C#N)c(Cc2ccccc2Cl)n1. The van der Waals surface area contributed by atoms with Crippen LogP contribution < -0.4 is 5.73 Å². The quantitative estimate of drug-likeness (QED) is 0.695. The highest BCUT2D eigenvalue weighted by Gasteiger charge is 2.13. The summed E-state index contributed by atoms with van der Waals surface area (Å²) in [5.41, 5.74) is 7.61. The summed E-state index contributed by atoms with van der Waals surface area (Å²) < 4.78 is 0. The number of benzene rings is 1. The van der Waals surface area contributed by atoms with Crippen LogP contribution in [0.2, 0.25) is 5.02 Å². The molecule has 1 aromatic heterocycles. The Morgan fingerprint density at radius 3 is 2.74 bits per heavy atom. The van der Waals surface area contributed by atoms with Crippen LogP contribution in [0.5, 0.6) is 0 Å². The lowest BCUT2D eigenvalue weighted by Gasteiger charge is -2.08. The second-order valence-corrected chi connectivity index (χ2v) is 4.98. The molecule has 96 valence electrons. The molecule has 2 rings (SSSR count). The molecule has 0 saturated heterocycles. The fraction of sp³-hybridized carbons (Fsp3) is 0.154. The standard InChI is InChI=1S/C13H11ClN4S/c1-19-13-17-11(9(7-15)12(16)18-13)6-8-4-2-3-5-10(8)14/h2-5H,6H2,1H3,(H2,16,17,18). The van der Waals surface area contributed by atoms with Gasteiger partial charge in [-0.15, -0.1) is 0 Å². The number of aromatic nitrogens is 2. The van der Waals surface area contributed by atoms with Crippen LogP contribution in [0, 0.1) is 11.3 Å². The first-order valence-electron chi connectivity index (χ1n) is 5.49. The van der Waals surface area contributed by atoms with Crippen molar-refractivity contribution in [1.29, 1.82) is 5.26 Å². The van der Waals surface area contributed by atoms with E-state index in [9.17, 15) is 0 Å². The third kappa shape index (κ3) is 2.98. The van der Waals surface area contributed by atoms with Crippen molar-refractivity contribution in [2.75, 3.05) is 12.0 Å². The van der Waals surface area contributed by atoms with Gasteiger partial charge >= 0.3 is 0 Å². The van der Waals surface area contributed by atoms with Gasteiger partial charge in [0.05, 0.1) is 5.69 Å². The molecular weight excluding hydrogens is 280 g/mol. The summed E-state index contributed by atoms with van der Waals surface area (Å²) in [7, 11) is 0. The van der Waals surface area contributed by atoms with E-state index >= 15 is 0 Å². The number of thioether (sulfide) groups is 1. The summed E-state index contributed by atoms with van der Waals surface area (Å²) in [5.74, 6) is 0.212. The Bertz CT molecular complexity index is 652. The van der Waals surface area contributed by atoms with Crippen LogP contribution >= 0.6 is 23.4 Å². The molecular formula is C13H11ClN4S. The number of anilines is 1. The zero-order valence-corrected chi connectivity index (χ0v) is 11.8. The van der Waals surface area contributed by atoms with E-state index in [1.807, 2.05) is 30.5 Å². The van der Waals surface area contributed by atoms with Crippen molar-refractivity contribution in [2.24, 2.45) is 0 Å². The van der Waals surface area contributed by atoms with Crippen molar-refractivity contribution in [3.63, 3.8) is 0 Å². The second-order valence-electron chi connectivity index (χ2n) is 3.80. The molecule has 1 heterocycles. The lowest BCUT2D eigenvalue weighted by atomic mass is 10.1. The molecule has 6 heteroatoms. The Morgan fingerprint density at radius 2 is 2.11 bits per heavy atom. The summed E-state index contributed by atoms with van der Waals surface area (Å²) in [4.78, 5) is 8.41. The van der Waals surface area contributed by atoms with Crippen LogP contribution in [0.25, 0.3) is 0 Å². The molecule has 1 aromatic carbocycles. The summed E-state index contributed by atoms with van der Waals surface area (Å²) in [6.45, 7) is 0. The van der Waals surface area contributed by atoms with E-state index in [-0.39, 0.29) is 5.82 Å². The van der Waals surface area contributed by atoms with Gasteiger partial charge in [0.2, 0.25) is 0 Å². The fourth-order valence-corrected chi connectivity index (χ4v) is 2.26. The first-order chi connectivity index (χ1) is 9.15. The van der Waals surface area contributed by atoms with E-state index in [0.717, 1.165) is 5.56 Å². The minimum Gasteiger partial charge on any atom is -0.382 e. The van der Waals surface area contributed by atoms with E-state index in [2.05, 4.69) is 16.0 Å². The fourth-order valence-electron chi connectivity index (χ4n) is 1.67. The molecule has 4 nitrogen and oxygen atoms in total. The second kappa shape index (κ2) is 5.91. The summed E-state index contributed by atoms with van der Waals surface area (Å²) in [6, 6.07) is 9.52. The van der Waals surface area contributed by atoms with Crippen LogP contribution in [-0.4, -0.2) is 16.2 Å². The van der Waals surface area contributed by atoms with Gasteiger partial charge in [-0.2, -0.15) is 5.26 Å². The zero-order valence-electron chi connectivity index (χ0n) is 10.2. The lowest BCUT2D eigenvalue weighted by Crippen LogP contribution is -2.06. The highest BCUT2D eigenvalue weighted by atomic mass is 35.5. The maximum absolute atomic E-state index is 9.16. The Kier molecular flexibility index (Phi) is 4.25. The molecule has 0 fully saturated rings. The zero-order chi connectivity index (χ0) is 13.8. The molecule has 0 spiro atoms. The normalized spacial score (nSPS) is 10.2. The van der Waals surface area contributed by atoms with Gasteiger partial charge < -0.3 is 5.73 Å². The van der Waals surface area contributed by atoms with Gasteiger partial charge in [0, 0.05) is 11.4 Å². The topological polar surface area (TPSA) is 75.6 Å². The number of hydrogen-bond acceptors (Lipinski definition) is 5. The van der Waals surface area contributed by atoms with Crippen LogP contribution in [0.15, 0.2) is 29.4 Å². The van der Waals surface area contributed by atoms with Gasteiger partial charge in [-0.1, -0.05) is 41.6 Å². The van der Waals surface area contributed by atoms with Crippen LogP contribution in [-0.2, 0) is 6.42 Å².